The zero-order chi connectivity index (χ0) is 4.28. The fourth-order valence-corrected chi connectivity index (χ4v) is 0. The van der Waals surface area contributed by atoms with Crippen LogP contribution in [0.3, 0.4) is 0 Å². The van der Waals surface area contributed by atoms with Gasteiger partial charge in [0.2, 0.25) is 0 Å². The third-order valence-corrected chi connectivity index (χ3v) is 0.166. The Morgan fingerprint density at radius 1 is 1.71 bits per heavy atom. The van der Waals surface area contributed by atoms with Crippen molar-refractivity contribution in [3.8, 4) is 0 Å². The summed E-state index contributed by atoms with van der Waals surface area (Å²) in [4.78, 5) is 13.1. The van der Waals surface area contributed by atoms with Crippen molar-refractivity contribution in [3.63, 3.8) is 0 Å². The number of nitrogens with two attached hydrogens (primary N) is 1. The molecule has 0 rings (SSSR count). The average Bonchev–Trinajstić information content (AvgIpc) is 1.38. The Hall–Kier alpha value is 0.0134. The average molecular weight is 157 g/mol. The smallest absolute Gasteiger partial charge is 0.321 e. The molecule has 0 aromatic rings. The second kappa shape index (κ2) is 9.38. The van der Waals surface area contributed by atoms with Gasteiger partial charge in [-0.05, 0) is 0 Å². The Kier molecular flexibility index (Phi) is 21.1. The Balaban J connectivity index is -0.0000000800. The maximum absolute atomic E-state index is 9.47. The Morgan fingerprint density at radius 2 is 1.86 bits per heavy atom. The predicted octanol–water partition coefficient (Wildman–Crippen LogP) is -0.417. The molecule has 7 heavy (non-hydrogen) atoms. The largest absolute Gasteiger partial charge is 0.374 e. The second-order valence-corrected chi connectivity index (χ2v) is 0.609. The minimum Gasteiger partial charge on any atom is -0.374 e. The van der Waals surface area contributed by atoms with E-state index < -0.39 is 5.97 Å². The van der Waals surface area contributed by atoms with Crippen molar-refractivity contribution >= 4 is 5.97 Å². The molecule has 5 N–H and O–H groups in total. The van der Waals surface area contributed by atoms with Crippen molar-refractivity contribution in [2.24, 2.45) is 5.90 Å². The molecule has 0 radical (unpaired) electrons. The second-order valence-electron chi connectivity index (χ2n) is 0.609. The van der Waals surface area contributed by atoms with Crippen molar-refractivity contribution in [3.05, 3.63) is 0 Å². The topological polar surface area (TPSA) is 87.3 Å². The van der Waals surface area contributed by atoms with Crippen LogP contribution < -0.4 is 12.0 Å². The van der Waals surface area contributed by atoms with Crippen molar-refractivity contribution in [1.29, 1.82) is 0 Å². The minimum absolute atomic E-state index is 0. The van der Waals surface area contributed by atoms with Gasteiger partial charge in [0, 0.05) is 26.4 Å². The number of hydrogen-bond acceptors (Lipinski definition) is 4. The summed E-state index contributed by atoms with van der Waals surface area (Å²) in [5.74, 6) is 3.85. The Morgan fingerprint density at radius 3 is 1.86 bits per heavy atom. The zero-order valence-electron chi connectivity index (χ0n) is 4.31. The van der Waals surface area contributed by atoms with Crippen LogP contribution in [-0.4, -0.2) is 5.97 Å². The fraction of sp³-hybridized carbons (Fsp3) is 0.500. The normalized spacial score (nSPS) is 4.86. The third kappa shape index (κ3) is 23.9. The van der Waals surface area contributed by atoms with Gasteiger partial charge in [0.05, 0.1) is 0 Å². The molecule has 0 saturated carbocycles. The van der Waals surface area contributed by atoms with E-state index in [-0.39, 0.29) is 25.6 Å². The van der Waals surface area contributed by atoms with Gasteiger partial charge in [0.25, 0.3) is 0 Å². The van der Waals surface area contributed by atoms with E-state index in [1.165, 1.54) is 6.92 Å². The van der Waals surface area contributed by atoms with Gasteiger partial charge in [-0.3, -0.25) is 4.79 Å². The Bertz CT molecular complexity index is 49.0. The van der Waals surface area contributed by atoms with E-state index in [0.717, 1.165) is 0 Å². The summed E-state index contributed by atoms with van der Waals surface area (Å²) in [6.07, 6.45) is 0. The molecule has 0 aromatic carbocycles. The molecule has 0 bridgehead atoms. The van der Waals surface area contributed by atoms with E-state index in [9.17, 15) is 4.79 Å². The van der Waals surface area contributed by atoms with E-state index in [1.54, 1.807) is 0 Å². The number of rotatable bonds is 0. The van der Waals surface area contributed by atoms with E-state index in [4.69, 9.17) is 0 Å². The Labute approximate surface area is 54.7 Å². The first-order chi connectivity index (χ1) is 2.27. The molecule has 5 heteroatoms. The zero-order valence-corrected chi connectivity index (χ0v) is 7.28. The SMILES string of the molecule is CC(=O)ON.N.[Zn]. The molecule has 0 aliphatic rings. The quantitative estimate of drug-likeness (QED) is 0.369. The molecule has 4 nitrogen and oxygen atoms in total. The summed E-state index contributed by atoms with van der Waals surface area (Å²) in [5.41, 5.74) is 0. The van der Waals surface area contributed by atoms with E-state index in [1.807, 2.05) is 0 Å². The number of hydrogen-bond donors (Lipinski definition) is 2. The maximum atomic E-state index is 9.47. The summed E-state index contributed by atoms with van der Waals surface area (Å²) in [5, 5.41) is 0. The minimum atomic E-state index is -0.468. The summed E-state index contributed by atoms with van der Waals surface area (Å²) in [6, 6.07) is 0. The van der Waals surface area contributed by atoms with Crippen LogP contribution in [0, 0.1) is 0 Å². The molecule has 0 spiro atoms. The summed E-state index contributed by atoms with van der Waals surface area (Å²) in [6.45, 7) is 1.24. The molecule has 0 fully saturated rings. The van der Waals surface area contributed by atoms with Crippen LogP contribution in [-0.2, 0) is 29.1 Å². The fourth-order valence-electron chi connectivity index (χ4n) is 0. The first-order valence-corrected chi connectivity index (χ1v) is 1.14. The first kappa shape index (κ1) is 15.7. The van der Waals surface area contributed by atoms with Gasteiger partial charge in [0.1, 0.15) is 0 Å². The van der Waals surface area contributed by atoms with Crippen LogP contribution in [0.5, 0.6) is 0 Å². The molecule has 0 aromatic heterocycles. The van der Waals surface area contributed by atoms with Crippen LogP contribution in [0.1, 0.15) is 6.92 Å². The monoisotopic (exact) mass is 156 g/mol. The van der Waals surface area contributed by atoms with Gasteiger partial charge in [0.15, 0.2) is 0 Å². The van der Waals surface area contributed by atoms with Crippen LogP contribution in [0.2, 0.25) is 0 Å². The van der Waals surface area contributed by atoms with Gasteiger partial charge in [-0.25, -0.2) is 0 Å². The molecule has 0 saturated heterocycles. The molecule has 0 atom stereocenters. The molecule has 0 heterocycles. The molecule has 0 amide bonds. The molecule has 0 aliphatic heterocycles. The standard InChI is InChI=1S/C2H5NO2.H3N.Zn/c1-2(4)5-3;;/h3H2,1H3;1H3;. The third-order valence-electron chi connectivity index (χ3n) is 0.166. The van der Waals surface area contributed by atoms with Crippen molar-refractivity contribution in [1.82, 2.24) is 6.15 Å². The number of carbonyl (C=O) groups is 1. The molecular formula is C2H8N2O2Zn. The maximum Gasteiger partial charge on any atom is 0.321 e. The summed E-state index contributed by atoms with van der Waals surface area (Å²) in [7, 11) is 0. The van der Waals surface area contributed by atoms with Gasteiger partial charge < -0.3 is 11.0 Å². The van der Waals surface area contributed by atoms with Gasteiger partial charge in [-0.2, -0.15) is 5.90 Å². The molecule has 0 unspecified atom stereocenters. The van der Waals surface area contributed by atoms with E-state index in [2.05, 4.69) is 10.7 Å². The predicted molar refractivity (Wildman–Crippen MR) is 21.0 cm³/mol. The summed E-state index contributed by atoms with van der Waals surface area (Å²) < 4.78 is 0. The van der Waals surface area contributed by atoms with Crippen LogP contribution in [0.15, 0.2) is 0 Å². The van der Waals surface area contributed by atoms with Crippen LogP contribution in [0.25, 0.3) is 0 Å². The van der Waals surface area contributed by atoms with Crippen molar-refractivity contribution in [2.45, 2.75) is 6.92 Å². The van der Waals surface area contributed by atoms with Gasteiger partial charge in [-0.15, -0.1) is 0 Å². The van der Waals surface area contributed by atoms with E-state index in [0.29, 0.717) is 0 Å². The van der Waals surface area contributed by atoms with Crippen molar-refractivity contribution in [2.75, 3.05) is 0 Å². The molecule has 40 valence electrons. The van der Waals surface area contributed by atoms with Crippen molar-refractivity contribution < 1.29 is 29.1 Å². The van der Waals surface area contributed by atoms with Crippen LogP contribution >= 0.6 is 0 Å². The molecular weight excluding hydrogens is 149 g/mol. The van der Waals surface area contributed by atoms with Crippen LogP contribution in [0.4, 0.5) is 0 Å². The first-order valence-electron chi connectivity index (χ1n) is 1.14. The number of carbonyl (C=O) groups excluding carboxylic acids is 1. The van der Waals surface area contributed by atoms with Gasteiger partial charge >= 0.3 is 5.97 Å². The summed E-state index contributed by atoms with van der Waals surface area (Å²) >= 11 is 0. The van der Waals surface area contributed by atoms with E-state index >= 15 is 0 Å². The molecule has 0 aliphatic carbocycles. The van der Waals surface area contributed by atoms with Gasteiger partial charge in [-0.1, -0.05) is 0 Å².